The van der Waals surface area contributed by atoms with Gasteiger partial charge in [-0.15, -0.1) is 0 Å². The van der Waals surface area contributed by atoms with Crippen molar-refractivity contribution in [2.45, 2.75) is 44.6 Å². The number of aliphatic hydroxyl groups excluding tert-OH is 1. The van der Waals surface area contributed by atoms with E-state index in [1.807, 2.05) is 30.3 Å². The Morgan fingerprint density at radius 2 is 1.72 bits per heavy atom. The van der Waals surface area contributed by atoms with Crippen LogP contribution in [0.2, 0.25) is 0 Å². The van der Waals surface area contributed by atoms with Gasteiger partial charge in [0.15, 0.2) is 5.78 Å². The number of carbonyl (C=O) groups is 5. The molecule has 4 amide bonds. The highest BCUT2D eigenvalue weighted by Crippen LogP contribution is 2.37. The van der Waals surface area contributed by atoms with Gasteiger partial charge in [0.1, 0.15) is 11.8 Å². The van der Waals surface area contributed by atoms with E-state index in [9.17, 15) is 29.1 Å². The number of benzene rings is 2. The zero-order valence-electron chi connectivity index (χ0n) is 19.5. The van der Waals surface area contributed by atoms with Crippen LogP contribution in [0.15, 0.2) is 64.9 Å². The fourth-order valence-corrected chi connectivity index (χ4v) is 5.09. The van der Waals surface area contributed by atoms with Gasteiger partial charge in [-0.2, -0.15) is 0 Å². The van der Waals surface area contributed by atoms with E-state index in [-0.39, 0.29) is 71.2 Å². The number of fused-ring (bicyclic) bond motifs is 1. The minimum absolute atomic E-state index is 0.0213. The fraction of sp³-hybridized carbons (Fsp3) is 0.259. The standard InChI is InChI=1S/C27H23N3O6/c1-14(23-20(31)12-16(13-21(23)32)15-6-3-2-4-7-15)28-18-9-5-8-17-24(18)27(36)30(26(17)35)19-10-11-22(33)29-25(19)34/h2-9,16,19,31H,10-13H2,1H3,(H,29,33,34). The Hall–Kier alpha value is -4.40. The molecular weight excluding hydrogens is 462 g/mol. The quantitative estimate of drug-likeness (QED) is 0.505. The Bertz CT molecular complexity index is 1390. The molecule has 2 aliphatic heterocycles. The van der Waals surface area contributed by atoms with E-state index in [1.54, 1.807) is 19.1 Å². The van der Waals surface area contributed by atoms with Crippen molar-refractivity contribution in [1.29, 1.82) is 0 Å². The van der Waals surface area contributed by atoms with Crippen molar-refractivity contribution < 1.29 is 29.1 Å². The second-order valence-electron chi connectivity index (χ2n) is 9.10. The van der Waals surface area contributed by atoms with Crippen LogP contribution in [0, 0.1) is 0 Å². The Morgan fingerprint density at radius 1 is 0.972 bits per heavy atom. The predicted octanol–water partition coefficient (Wildman–Crippen LogP) is 3.14. The van der Waals surface area contributed by atoms with E-state index < -0.39 is 29.7 Å². The Morgan fingerprint density at radius 3 is 2.42 bits per heavy atom. The molecule has 9 nitrogen and oxygen atoms in total. The van der Waals surface area contributed by atoms with E-state index in [2.05, 4.69) is 10.3 Å². The van der Waals surface area contributed by atoms with Gasteiger partial charge in [-0.25, -0.2) is 0 Å². The lowest BCUT2D eigenvalue weighted by Gasteiger charge is -2.27. The van der Waals surface area contributed by atoms with E-state index >= 15 is 0 Å². The Kier molecular flexibility index (Phi) is 5.83. The lowest BCUT2D eigenvalue weighted by atomic mass is 9.81. The molecule has 1 aliphatic carbocycles. The second kappa shape index (κ2) is 8.99. The van der Waals surface area contributed by atoms with Crippen LogP contribution in [0.3, 0.4) is 0 Å². The summed E-state index contributed by atoms with van der Waals surface area (Å²) in [6, 6.07) is 13.0. The number of amides is 4. The first-order chi connectivity index (χ1) is 17.3. The lowest BCUT2D eigenvalue weighted by Crippen LogP contribution is -2.54. The number of hydrogen-bond acceptors (Lipinski definition) is 7. The van der Waals surface area contributed by atoms with Crippen LogP contribution in [0.5, 0.6) is 0 Å². The zero-order valence-corrected chi connectivity index (χ0v) is 19.5. The molecule has 2 atom stereocenters. The van der Waals surface area contributed by atoms with Crippen molar-refractivity contribution in [2.24, 2.45) is 4.99 Å². The predicted molar refractivity (Wildman–Crippen MR) is 129 cm³/mol. The number of aliphatic hydroxyl groups is 1. The average Bonchev–Trinajstić information content (AvgIpc) is 3.10. The van der Waals surface area contributed by atoms with Gasteiger partial charge in [0.2, 0.25) is 11.8 Å². The average molecular weight is 485 g/mol. The molecule has 2 unspecified atom stereocenters. The maximum Gasteiger partial charge on any atom is 0.264 e. The summed E-state index contributed by atoms with van der Waals surface area (Å²) in [5, 5.41) is 12.9. The minimum atomic E-state index is -1.09. The van der Waals surface area contributed by atoms with Gasteiger partial charge >= 0.3 is 0 Å². The number of Topliss-reactive ketones (excluding diaryl/α,β-unsaturated/α-hetero) is 1. The van der Waals surface area contributed by atoms with Crippen molar-refractivity contribution in [1.82, 2.24) is 10.2 Å². The minimum Gasteiger partial charge on any atom is -0.511 e. The Labute approximate surface area is 206 Å². The SMILES string of the molecule is CC(=Nc1cccc2c1C(=O)N(C1CCC(=O)NC1=O)C2=O)C1=C(O)CC(c2ccccc2)CC1=O. The number of nitrogens with one attached hydrogen (secondary N) is 1. The molecule has 36 heavy (non-hydrogen) atoms. The van der Waals surface area contributed by atoms with Crippen molar-refractivity contribution >= 4 is 40.8 Å². The molecule has 182 valence electrons. The number of nitrogens with zero attached hydrogens (tertiary/aromatic N) is 2. The highest BCUT2D eigenvalue weighted by atomic mass is 16.3. The molecule has 0 aromatic heterocycles. The summed E-state index contributed by atoms with van der Waals surface area (Å²) in [5.74, 6) is -2.94. The summed E-state index contributed by atoms with van der Waals surface area (Å²) in [6.45, 7) is 1.57. The van der Waals surface area contributed by atoms with Crippen LogP contribution < -0.4 is 5.32 Å². The summed E-state index contributed by atoms with van der Waals surface area (Å²) >= 11 is 0. The first-order valence-corrected chi connectivity index (χ1v) is 11.7. The third kappa shape index (κ3) is 3.92. The smallest absolute Gasteiger partial charge is 0.264 e. The maximum atomic E-state index is 13.3. The molecule has 2 aromatic carbocycles. The number of rotatable bonds is 4. The van der Waals surface area contributed by atoms with Crippen LogP contribution >= 0.6 is 0 Å². The first-order valence-electron chi connectivity index (χ1n) is 11.7. The van der Waals surface area contributed by atoms with E-state index in [0.717, 1.165) is 10.5 Å². The number of carbonyl (C=O) groups excluding carboxylic acids is 5. The molecule has 0 radical (unpaired) electrons. The molecule has 0 saturated carbocycles. The fourth-order valence-electron chi connectivity index (χ4n) is 5.09. The van der Waals surface area contributed by atoms with E-state index in [0.29, 0.717) is 0 Å². The molecule has 0 spiro atoms. The Balaban J connectivity index is 1.46. The molecule has 2 aromatic rings. The van der Waals surface area contributed by atoms with Gasteiger partial charge in [0, 0.05) is 19.3 Å². The van der Waals surface area contributed by atoms with Crippen LogP contribution in [0.25, 0.3) is 0 Å². The largest absolute Gasteiger partial charge is 0.511 e. The number of allylic oxidation sites excluding steroid dienone is 2. The number of ketones is 1. The number of hydrogen-bond donors (Lipinski definition) is 2. The van der Waals surface area contributed by atoms with Gasteiger partial charge in [0.25, 0.3) is 11.8 Å². The van der Waals surface area contributed by atoms with Gasteiger partial charge < -0.3 is 5.11 Å². The second-order valence-corrected chi connectivity index (χ2v) is 9.10. The van der Waals surface area contributed by atoms with Crippen molar-refractivity contribution in [3.8, 4) is 0 Å². The summed E-state index contributed by atoms with van der Waals surface area (Å²) < 4.78 is 0. The van der Waals surface area contributed by atoms with Crippen LogP contribution in [0.4, 0.5) is 5.69 Å². The van der Waals surface area contributed by atoms with Crippen LogP contribution in [-0.4, -0.2) is 51.2 Å². The van der Waals surface area contributed by atoms with Crippen molar-refractivity contribution in [3.05, 3.63) is 76.6 Å². The highest BCUT2D eigenvalue weighted by molar-refractivity contribution is 6.27. The van der Waals surface area contributed by atoms with Gasteiger partial charge in [-0.05, 0) is 37.0 Å². The van der Waals surface area contributed by atoms with E-state index in [4.69, 9.17) is 0 Å². The molecule has 2 heterocycles. The summed E-state index contributed by atoms with van der Waals surface area (Å²) in [4.78, 5) is 68.5. The molecule has 9 heteroatoms. The molecule has 3 aliphatic rings. The van der Waals surface area contributed by atoms with Gasteiger partial charge in [0.05, 0.1) is 28.1 Å². The molecular formula is C27H23N3O6. The van der Waals surface area contributed by atoms with Crippen molar-refractivity contribution in [2.75, 3.05) is 0 Å². The topological polar surface area (TPSA) is 133 Å². The third-order valence-electron chi connectivity index (χ3n) is 6.81. The molecule has 0 bridgehead atoms. The number of aliphatic imine (C=N–C) groups is 1. The first kappa shape index (κ1) is 23.3. The molecule has 1 saturated heterocycles. The highest BCUT2D eigenvalue weighted by Gasteiger charge is 2.45. The van der Waals surface area contributed by atoms with E-state index in [1.165, 1.54) is 6.07 Å². The zero-order chi connectivity index (χ0) is 25.6. The molecule has 1 fully saturated rings. The third-order valence-corrected chi connectivity index (χ3v) is 6.81. The lowest BCUT2D eigenvalue weighted by molar-refractivity contribution is -0.136. The van der Waals surface area contributed by atoms with Crippen LogP contribution in [0.1, 0.15) is 64.8 Å². The summed E-state index contributed by atoms with van der Waals surface area (Å²) in [5.41, 5.74) is 1.59. The van der Waals surface area contributed by atoms with Gasteiger partial charge in [-0.3, -0.25) is 39.2 Å². The maximum absolute atomic E-state index is 13.3. The van der Waals surface area contributed by atoms with Crippen LogP contribution in [-0.2, 0) is 14.4 Å². The monoisotopic (exact) mass is 485 g/mol. The normalized spacial score (nSPS) is 22.8. The molecule has 2 N–H and O–H groups in total. The summed E-state index contributed by atoms with van der Waals surface area (Å²) in [6.07, 6.45) is 0.564. The van der Waals surface area contributed by atoms with Crippen molar-refractivity contribution in [3.63, 3.8) is 0 Å². The molecule has 5 rings (SSSR count). The number of imide groups is 2. The van der Waals surface area contributed by atoms with Gasteiger partial charge in [-0.1, -0.05) is 36.4 Å². The summed E-state index contributed by atoms with van der Waals surface area (Å²) in [7, 11) is 0. The number of piperidine rings is 1.